The van der Waals surface area contributed by atoms with E-state index in [9.17, 15) is 0 Å². The molecule has 3 heterocycles. The number of benzene rings is 1. The summed E-state index contributed by atoms with van der Waals surface area (Å²) >= 11 is 0. The average molecular weight is 415 g/mol. The van der Waals surface area contributed by atoms with Crippen molar-refractivity contribution >= 4 is 17.3 Å². The molecule has 0 saturated heterocycles. The fraction of sp³-hybridized carbons (Fsp3) is 0.407. The molecule has 4 heteroatoms. The van der Waals surface area contributed by atoms with E-state index in [0.29, 0.717) is 0 Å². The lowest BCUT2D eigenvalue weighted by atomic mass is 9.75. The summed E-state index contributed by atoms with van der Waals surface area (Å²) in [6.45, 7) is 13.5. The molecule has 4 rings (SSSR count). The summed E-state index contributed by atoms with van der Waals surface area (Å²) in [5.41, 5.74) is 4.51. The third kappa shape index (κ3) is 3.91. The summed E-state index contributed by atoms with van der Waals surface area (Å²) in [5, 5.41) is 0. The van der Waals surface area contributed by atoms with Gasteiger partial charge in [-0.15, -0.1) is 0 Å². The molecule has 0 radical (unpaired) electrons. The molecule has 0 aliphatic carbocycles. The third-order valence-corrected chi connectivity index (χ3v) is 6.75. The van der Waals surface area contributed by atoms with Crippen molar-refractivity contribution < 1.29 is 0 Å². The molecule has 0 N–H and O–H groups in total. The summed E-state index contributed by atoms with van der Waals surface area (Å²) in [7, 11) is 0. The minimum Gasteiger partial charge on any atom is -0.366 e. The highest BCUT2D eigenvalue weighted by Crippen LogP contribution is 2.49. The van der Waals surface area contributed by atoms with Crippen molar-refractivity contribution in [2.24, 2.45) is 0 Å². The van der Waals surface area contributed by atoms with E-state index in [0.717, 1.165) is 37.6 Å². The summed E-state index contributed by atoms with van der Waals surface area (Å²) in [4.78, 5) is 14.1. The van der Waals surface area contributed by atoms with Gasteiger partial charge in [0.05, 0.1) is 6.54 Å². The van der Waals surface area contributed by atoms with Crippen molar-refractivity contribution in [2.75, 3.05) is 16.3 Å². The van der Waals surface area contributed by atoms with Crippen LogP contribution in [-0.2, 0) is 12.0 Å². The molecule has 2 aromatic heterocycles. The van der Waals surface area contributed by atoms with Crippen LogP contribution in [0.2, 0.25) is 0 Å². The van der Waals surface area contributed by atoms with Gasteiger partial charge in [-0.1, -0.05) is 38.1 Å². The largest absolute Gasteiger partial charge is 0.366 e. The molecule has 1 aromatic carbocycles. The Bertz CT molecular complexity index is 965. The average Bonchev–Trinajstić information content (AvgIpc) is 3.15. The van der Waals surface area contributed by atoms with Crippen LogP contribution in [0, 0.1) is 0 Å². The van der Waals surface area contributed by atoms with E-state index in [-0.39, 0.29) is 11.0 Å². The Labute approximate surface area is 187 Å². The lowest BCUT2D eigenvalue weighted by Gasteiger charge is -2.37. The van der Waals surface area contributed by atoms with Crippen molar-refractivity contribution in [3.63, 3.8) is 0 Å². The van der Waals surface area contributed by atoms with Crippen LogP contribution >= 0.6 is 0 Å². The number of hydrogen-bond donors (Lipinski definition) is 0. The van der Waals surface area contributed by atoms with Crippen molar-refractivity contribution in [3.8, 4) is 0 Å². The third-order valence-electron chi connectivity index (χ3n) is 6.75. The van der Waals surface area contributed by atoms with Gasteiger partial charge in [-0.25, -0.2) is 9.97 Å². The molecular formula is C27H34N4. The second kappa shape index (κ2) is 8.33. The van der Waals surface area contributed by atoms with Gasteiger partial charge in [-0.05, 0) is 75.1 Å². The maximum Gasteiger partial charge on any atom is 0.134 e. The molecule has 0 spiro atoms. The zero-order chi connectivity index (χ0) is 22.1. The smallest absolute Gasteiger partial charge is 0.134 e. The van der Waals surface area contributed by atoms with E-state index < -0.39 is 0 Å². The predicted octanol–water partition coefficient (Wildman–Crippen LogP) is 6.49. The van der Waals surface area contributed by atoms with E-state index in [1.165, 1.54) is 16.8 Å². The monoisotopic (exact) mass is 414 g/mol. The van der Waals surface area contributed by atoms with Crippen LogP contribution in [-0.4, -0.2) is 22.1 Å². The summed E-state index contributed by atoms with van der Waals surface area (Å²) in [6, 6.07) is 18.9. The Morgan fingerprint density at radius 2 is 1.48 bits per heavy atom. The first-order chi connectivity index (χ1) is 14.9. The van der Waals surface area contributed by atoms with Gasteiger partial charge in [0.1, 0.15) is 11.6 Å². The number of nitrogens with zero attached hydrogens (tertiary/aromatic N) is 4. The lowest BCUT2D eigenvalue weighted by Crippen LogP contribution is -2.44. The molecule has 162 valence electrons. The van der Waals surface area contributed by atoms with Gasteiger partial charge in [0.15, 0.2) is 0 Å². The van der Waals surface area contributed by atoms with Crippen LogP contribution in [0.25, 0.3) is 0 Å². The molecule has 4 nitrogen and oxygen atoms in total. The van der Waals surface area contributed by atoms with Crippen LogP contribution in [0.5, 0.6) is 0 Å². The van der Waals surface area contributed by atoms with Gasteiger partial charge in [0.2, 0.25) is 0 Å². The Balaban J connectivity index is 1.84. The minimum atomic E-state index is 0.0844. The number of hydrogen-bond acceptors (Lipinski definition) is 4. The summed E-state index contributed by atoms with van der Waals surface area (Å²) in [6.07, 6.45) is 5.97. The van der Waals surface area contributed by atoms with Gasteiger partial charge in [0.25, 0.3) is 0 Å². The molecule has 0 bridgehead atoms. The van der Waals surface area contributed by atoms with E-state index in [4.69, 9.17) is 0 Å². The zero-order valence-corrected chi connectivity index (χ0v) is 19.5. The van der Waals surface area contributed by atoms with Gasteiger partial charge in [-0.2, -0.15) is 0 Å². The first kappa shape index (κ1) is 21.4. The quantitative estimate of drug-likeness (QED) is 0.461. The predicted molar refractivity (Wildman–Crippen MR) is 130 cm³/mol. The first-order valence-electron chi connectivity index (χ1n) is 11.4. The Hall–Kier alpha value is -2.88. The molecule has 1 aliphatic rings. The van der Waals surface area contributed by atoms with E-state index >= 15 is 0 Å². The number of aromatic nitrogens is 2. The van der Waals surface area contributed by atoms with Crippen molar-refractivity contribution in [1.29, 1.82) is 0 Å². The van der Waals surface area contributed by atoms with Crippen LogP contribution in [0.15, 0.2) is 67.0 Å². The molecule has 0 saturated carbocycles. The minimum absolute atomic E-state index is 0.0844. The number of pyridine rings is 2. The highest BCUT2D eigenvalue weighted by molar-refractivity contribution is 5.68. The fourth-order valence-corrected chi connectivity index (χ4v) is 4.92. The molecule has 1 aliphatic heterocycles. The number of fused-ring (bicyclic) bond motifs is 1. The molecule has 31 heavy (non-hydrogen) atoms. The molecule has 0 fully saturated rings. The van der Waals surface area contributed by atoms with E-state index in [2.05, 4.69) is 84.7 Å². The maximum absolute atomic E-state index is 4.65. The van der Waals surface area contributed by atoms with Gasteiger partial charge >= 0.3 is 0 Å². The molecule has 0 amide bonds. The van der Waals surface area contributed by atoms with E-state index in [1.54, 1.807) is 0 Å². The van der Waals surface area contributed by atoms with Gasteiger partial charge in [0, 0.05) is 35.6 Å². The number of anilines is 3. The van der Waals surface area contributed by atoms with E-state index in [1.807, 2.05) is 36.7 Å². The second-order valence-electron chi connectivity index (χ2n) is 9.52. The highest BCUT2D eigenvalue weighted by Gasteiger charge is 2.44. The van der Waals surface area contributed by atoms with Gasteiger partial charge < -0.3 is 9.80 Å². The van der Waals surface area contributed by atoms with Crippen molar-refractivity contribution in [3.05, 3.63) is 78.1 Å². The molecule has 0 atom stereocenters. The summed E-state index contributed by atoms with van der Waals surface area (Å²) in [5.74, 6) is 1.84. The van der Waals surface area contributed by atoms with Crippen LogP contribution in [0.3, 0.4) is 0 Å². The SMILES string of the molecule is CCC1(CC)CN(C(C)(C)C)c2cccc(CN(c3ccccn3)c3ccccn3)c21. The molecular weight excluding hydrogens is 380 g/mol. The number of rotatable bonds is 6. The standard InChI is InChI=1S/C27H34N4/c1-6-27(7-2)20-31(26(3,4)5)22-14-12-13-21(25(22)27)19-30(23-15-8-10-17-28-23)24-16-9-11-18-29-24/h8-18H,6-7,19-20H2,1-5H3. The normalized spacial score (nSPS) is 15.1. The zero-order valence-electron chi connectivity index (χ0n) is 19.5. The van der Waals surface area contributed by atoms with Crippen LogP contribution in [0.1, 0.15) is 58.6 Å². The van der Waals surface area contributed by atoms with Crippen molar-refractivity contribution in [2.45, 2.75) is 65.0 Å². The molecule has 3 aromatic rings. The van der Waals surface area contributed by atoms with Crippen LogP contribution in [0.4, 0.5) is 17.3 Å². The maximum atomic E-state index is 4.65. The lowest BCUT2D eigenvalue weighted by molar-refractivity contribution is 0.385. The Morgan fingerprint density at radius 1 is 0.871 bits per heavy atom. The van der Waals surface area contributed by atoms with Crippen LogP contribution < -0.4 is 9.80 Å². The van der Waals surface area contributed by atoms with Gasteiger partial charge in [-0.3, -0.25) is 0 Å². The Morgan fingerprint density at radius 3 is 1.97 bits per heavy atom. The first-order valence-corrected chi connectivity index (χ1v) is 11.4. The topological polar surface area (TPSA) is 32.3 Å². The Kier molecular flexibility index (Phi) is 5.74. The second-order valence-corrected chi connectivity index (χ2v) is 9.52. The molecule has 0 unspecified atom stereocenters. The highest BCUT2D eigenvalue weighted by atomic mass is 15.2. The summed E-state index contributed by atoms with van der Waals surface area (Å²) < 4.78 is 0. The fourth-order valence-electron chi connectivity index (χ4n) is 4.92. The van der Waals surface area contributed by atoms with Crippen molar-refractivity contribution in [1.82, 2.24) is 9.97 Å².